The van der Waals surface area contributed by atoms with Gasteiger partial charge in [-0.25, -0.2) is 8.78 Å². The lowest BCUT2D eigenvalue weighted by molar-refractivity contribution is 0.0586. The van der Waals surface area contributed by atoms with Gasteiger partial charge in [0.25, 0.3) is 0 Å². The Bertz CT molecular complexity index is 946. The van der Waals surface area contributed by atoms with Crippen LogP contribution in [0, 0.1) is 11.7 Å². The zero-order valence-electron chi connectivity index (χ0n) is 17.8. The van der Waals surface area contributed by atoms with Gasteiger partial charge >= 0.3 is 0 Å². The van der Waals surface area contributed by atoms with Crippen LogP contribution in [0.3, 0.4) is 0 Å². The van der Waals surface area contributed by atoms with Crippen molar-refractivity contribution in [1.29, 1.82) is 0 Å². The molecule has 1 unspecified atom stereocenters. The average molecular weight is 452 g/mol. The molecule has 0 spiro atoms. The molecule has 31 heavy (non-hydrogen) atoms. The van der Waals surface area contributed by atoms with Crippen molar-refractivity contribution in [3.63, 3.8) is 0 Å². The summed E-state index contributed by atoms with van der Waals surface area (Å²) in [5, 5.41) is 0. The number of carbonyl (C=O) groups is 1. The number of carbonyl (C=O) groups excluding carboxylic acids is 1. The van der Waals surface area contributed by atoms with E-state index in [-0.39, 0.29) is 37.0 Å². The fourth-order valence-electron chi connectivity index (χ4n) is 4.74. The van der Waals surface area contributed by atoms with Crippen LogP contribution in [0.1, 0.15) is 40.7 Å². The van der Waals surface area contributed by atoms with E-state index in [2.05, 4.69) is 4.90 Å². The molecule has 1 saturated heterocycles. The molecule has 1 heterocycles. The van der Waals surface area contributed by atoms with Crippen LogP contribution in [-0.4, -0.2) is 43.7 Å². The van der Waals surface area contributed by atoms with Crippen LogP contribution in [0.2, 0.25) is 0 Å². The van der Waals surface area contributed by atoms with E-state index in [1.807, 2.05) is 6.07 Å². The maximum Gasteiger partial charge on any atom is 0.200 e. The number of rotatable bonds is 6. The first-order chi connectivity index (χ1) is 14.4. The number of hydrogen-bond donors (Lipinski definition) is 0. The number of piperidine rings is 1. The summed E-state index contributed by atoms with van der Waals surface area (Å²) in [6.45, 7) is 2.11. The number of benzene rings is 2. The smallest absolute Gasteiger partial charge is 0.200 e. The quantitative estimate of drug-likeness (QED) is 0.618. The number of alkyl halides is 1. The lowest BCUT2D eigenvalue weighted by atomic mass is 9.83. The molecule has 4 rings (SSSR count). The van der Waals surface area contributed by atoms with E-state index < -0.39 is 11.5 Å². The van der Waals surface area contributed by atoms with E-state index in [0.717, 1.165) is 25.9 Å². The first kappa shape index (κ1) is 23.5. The Balaban J connectivity index is 0.00000272. The minimum absolute atomic E-state index is 0. The predicted octanol–water partition coefficient (Wildman–Crippen LogP) is 5.01. The molecule has 7 heteroatoms. The highest BCUT2D eigenvalue weighted by atomic mass is 35.5. The molecule has 168 valence electrons. The first-order valence-electron chi connectivity index (χ1n) is 10.4. The van der Waals surface area contributed by atoms with E-state index in [9.17, 15) is 9.18 Å². The number of halogens is 3. The summed E-state index contributed by atoms with van der Waals surface area (Å²) in [4.78, 5) is 15.1. The maximum atomic E-state index is 15.8. The lowest BCUT2D eigenvalue weighted by Gasteiger charge is -2.34. The van der Waals surface area contributed by atoms with Crippen molar-refractivity contribution in [1.82, 2.24) is 4.90 Å². The SMILES string of the molecule is COc1cc2c(cc1OC)C(=O)C(F)(CC1CCN(Cc3ccccc3F)CC1)C2.Cl. The second-order valence-corrected chi connectivity index (χ2v) is 8.35. The molecule has 0 aromatic heterocycles. The Morgan fingerprint density at radius 3 is 2.39 bits per heavy atom. The number of ether oxygens (including phenoxy) is 2. The second-order valence-electron chi connectivity index (χ2n) is 8.35. The summed E-state index contributed by atoms with van der Waals surface area (Å²) in [6.07, 6.45) is 1.91. The van der Waals surface area contributed by atoms with Gasteiger partial charge in [-0.3, -0.25) is 9.69 Å². The molecule has 0 saturated carbocycles. The van der Waals surface area contributed by atoms with E-state index in [1.54, 1.807) is 24.3 Å². The number of nitrogens with zero attached hydrogens (tertiary/aromatic N) is 1. The molecular formula is C24H28ClF2NO3. The first-order valence-corrected chi connectivity index (χ1v) is 10.4. The van der Waals surface area contributed by atoms with Crippen LogP contribution in [0.4, 0.5) is 8.78 Å². The van der Waals surface area contributed by atoms with E-state index in [0.29, 0.717) is 34.7 Å². The van der Waals surface area contributed by atoms with Gasteiger partial charge in [0.2, 0.25) is 5.78 Å². The third-order valence-corrected chi connectivity index (χ3v) is 6.40. The largest absolute Gasteiger partial charge is 0.493 e. The molecular weight excluding hydrogens is 424 g/mol. The van der Waals surface area contributed by atoms with E-state index >= 15 is 4.39 Å². The summed E-state index contributed by atoms with van der Waals surface area (Å²) >= 11 is 0. The molecule has 2 aromatic carbocycles. The van der Waals surface area contributed by atoms with Gasteiger partial charge < -0.3 is 9.47 Å². The number of ketones is 1. The van der Waals surface area contributed by atoms with Crippen molar-refractivity contribution in [2.75, 3.05) is 27.3 Å². The highest BCUT2D eigenvalue weighted by Gasteiger charge is 2.48. The third kappa shape index (κ3) is 4.70. The van der Waals surface area contributed by atoms with Crippen LogP contribution in [0.15, 0.2) is 36.4 Å². The van der Waals surface area contributed by atoms with Crippen LogP contribution in [0.5, 0.6) is 11.5 Å². The van der Waals surface area contributed by atoms with Crippen molar-refractivity contribution >= 4 is 18.2 Å². The van der Waals surface area contributed by atoms with Crippen LogP contribution < -0.4 is 9.47 Å². The molecule has 2 aliphatic rings. The summed E-state index contributed by atoms with van der Waals surface area (Å²) in [7, 11) is 3.03. The molecule has 1 fully saturated rings. The fourth-order valence-corrected chi connectivity index (χ4v) is 4.74. The van der Waals surface area contributed by atoms with Gasteiger partial charge in [-0.05, 0) is 62.0 Å². The number of hydrogen-bond acceptors (Lipinski definition) is 4. The number of fused-ring (bicyclic) bond motifs is 1. The van der Waals surface area contributed by atoms with Crippen LogP contribution >= 0.6 is 12.4 Å². The van der Waals surface area contributed by atoms with Gasteiger partial charge in [-0.1, -0.05) is 18.2 Å². The Labute approximate surface area is 187 Å². The molecule has 0 N–H and O–H groups in total. The average Bonchev–Trinajstić information content (AvgIpc) is 2.99. The molecule has 0 bridgehead atoms. The Kier molecular flexibility index (Phi) is 7.22. The summed E-state index contributed by atoms with van der Waals surface area (Å²) in [5.74, 6) is 0.439. The summed E-state index contributed by atoms with van der Waals surface area (Å²) in [6, 6.07) is 10.1. The minimum atomic E-state index is -1.88. The normalized spacial score (nSPS) is 21.5. The third-order valence-electron chi connectivity index (χ3n) is 6.40. The van der Waals surface area contributed by atoms with Crippen molar-refractivity contribution in [2.45, 2.75) is 37.9 Å². The Hall–Kier alpha value is -2.18. The standard InChI is InChI=1S/C24H27F2NO3.ClH/c1-29-21-11-18-14-24(26,23(28)19(18)12-22(21)30-2)13-16-7-9-27(10-8-16)15-17-5-3-4-6-20(17)25;/h3-6,11-12,16H,7-10,13-15H2,1-2H3;1H. The van der Waals surface area contributed by atoms with Gasteiger partial charge in [-0.2, -0.15) is 0 Å². The van der Waals surface area contributed by atoms with Gasteiger partial charge in [0.05, 0.1) is 14.2 Å². The topological polar surface area (TPSA) is 38.8 Å². The molecule has 1 atom stereocenters. The van der Waals surface area contributed by atoms with Gasteiger partial charge in [-0.15, -0.1) is 12.4 Å². The zero-order valence-corrected chi connectivity index (χ0v) is 18.6. The minimum Gasteiger partial charge on any atom is -0.493 e. The lowest BCUT2D eigenvalue weighted by Crippen LogP contribution is -2.39. The van der Waals surface area contributed by atoms with Gasteiger partial charge in [0, 0.05) is 24.1 Å². The predicted molar refractivity (Wildman–Crippen MR) is 118 cm³/mol. The number of likely N-dealkylation sites (tertiary alicyclic amines) is 1. The Morgan fingerprint density at radius 2 is 1.74 bits per heavy atom. The van der Waals surface area contributed by atoms with Crippen LogP contribution in [-0.2, 0) is 13.0 Å². The molecule has 4 nitrogen and oxygen atoms in total. The summed E-state index contributed by atoms with van der Waals surface area (Å²) in [5.41, 5.74) is -0.121. The molecule has 1 aliphatic carbocycles. The van der Waals surface area contributed by atoms with Crippen molar-refractivity contribution in [2.24, 2.45) is 5.92 Å². The van der Waals surface area contributed by atoms with Crippen molar-refractivity contribution in [3.05, 3.63) is 58.9 Å². The number of methoxy groups -OCH3 is 2. The van der Waals surface area contributed by atoms with Gasteiger partial charge in [0.1, 0.15) is 5.82 Å². The maximum absolute atomic E-state index is 15.8. The molecule has 0 radical (unpaired) electrons. The molecule has 2 aromatic rings. The monoisotopic (exact) mass is 451 g/mol. The zero-order chi connectivity index (χ0) is 21.3. The highest BCUT2D eigenvalue weighted by Crippen LogP contribution is 2.43. The Morgan fingerprint density at radius 1 is 1.10 bits per heavy atom. The van der Waals surface area contributed by atoms with Crippen molar-refractivity contribution < 1.29 is 23.0 Å². The fraction of sp³-hybridized carbons (Fsp3) is 0.458. The molecule has 1 aliphatic heterocycles. The van der Waals surface area contributed by atoms with Crippen LogP contribution in [0.25, 0.3) is 0 Å². The molecule has 0 amide bonds. The summed E-state index contributed by atoms with van der Waals surface area (Å²) < 4.78 is 40.2. The number of Topliss-reactive ketones (excluding diaryl/α,β-unsaturated/α-hetero) is 1. The van der Waals surface area contributed by atoms with E-state index in [1.165, 1.54) is 20.3 Å². The van der Waals surface area contributed by atoms with Gasteiger partial charge in [0.15, 0.2) is 17.2 Å². The van der Waals surface area contributed by atoms with Crippen molar-refractivity contribution in [3.8, 4) is 11.5 Å². The van der Waals surface area contributed by atoms with E-state index in [4.69, 9.17) is 9.47 Å². The highest BCUT2D eigenvalue weighted by molar-refractivity contribution is 6.07. The second kappa shape index (κ2) is 9.53.